The number of carbonyl (C=O) groups excluding carboxylic acids is 1. The van der Waals surface area contributed by atoms with Crippen LogP contribution in [0.3, 0.4) is 0 Å². The Morgan fingerprint density at radius 3 is 2.21 bits per heavy atom. The van der Waals surface area contributed by atoms with Gasteiger partial charge in [0.05, 0.1) is 19.1 Å². The van der Waals surface area contributed by atoms with Gasteiger partial charge in [0.25, 0.3) is 5.91 Å². The molecule has 1 atom stereocenters. The number of methoxy groups -OCH3 is 2. The van der Waals surface area contributed by atoms with Crippen LogP contribution in [0.5, 0.6) is 11.5 Å². The van der Waals surface area contributed by atoms with Gasteiger partial charge in [0, 0.05) is 0 Å². The minimum atomic E-state index is -0.212. The van der Waals surface area contributed by atoms with Gasteiger partial charge in [0.1, 0.15) is 22.4 Å². The zero-order valence-corrected chi connectivity index (χ0v) is 16.9. The van der Waals surface area contributed by atoms with Crippen molar-refractivity contribution in [1.82, 2.24) is 10.2 Å². The Morgan fingerprint density at radius 2 is 1.64 bits per heavy atom. The number of anilines is 1. The molecule has 2 heterocycles. The minimum absolute atomic E-state index is 0.0848. The summed E-state index contributed by atoms with van der Waals surface area (Å²) in [4.78, 5) is 15.5. The van der Waals surface area contributed by atoms with Crippen LogP contribution in [0.2, 0.25) is 0 Å². The average molecular weight is 412 g/mol. The molecule has 4 rings (SSSR count). The fraction of sp³-hybridized carbons (Fsp3) is 0.150. The highest BCUT2D eigenvalue weighted by molar-refractivity contribution is 8.05. The normalized spacial score (nSPS) is 17.9. The van der Waals surface area contributed by atoms with Crippen LogP contribution in [-0.2, 0) is 4.79 Å². The molecule has 1 aromatic heterocycles. The molecule has 1 saturated heterocycles. The summed E-state index contributed by atoms with van der Waals surface area (Å²) in [6.45, 7) is 0. The first-order chi connectivity index (χ1) is 13.7. The van der Waals surface area contributed by atoms with Crippen LogP contribution in [0.1, 0.15) is 16.5 Å². The van der Waals surface area contributed by atoms with Crippen molar-refractivity contribution in [1.29, 1.82) is 0 Å². The lowest BCUT2D eigenvalue weighted by Crippen LogP contribution is -2.27. The van der Waals surface area contributed by atoms with E-state index >= 15 is 0 Å². The molecule has 1 fully saturated rings. The summed E-state index contributed by atoms with van der Waals surface area (Å²) >= 11 is 2.85. The molecule has 0 radical (unpaired) electrons. The third kappa shape index (κ3) is 3.61. The third-order valence-corrected chi connectivity index (χ3v) is 6.21. The first-order valence-electron chi connectivity index (χ1n) is 8.45. The van der Waals surface area contributed by atoms with Gasteiger partial charge < -0.3 is 9.47 Å². The summed E-state index contributed by atoms with van der Waals surface area (Å²) in [7, 11) is 3.26. The summed E-state index contributed by atoms with van der Waals surface area (Å²) < 4.78 is 10.4. The predicted octanol–water partition coefficient (Wildman–Crippen LogP) is 4.38. The van der Waals surface area contributed by atoms with Crippen molar-refractivity contribution in [2.75, 3.05) is 19.1 Å². The molecule has 2 aromatic carbocycles. The Hall–Kier alpha value is -2.84. The van der Waals surface area contributed by atoms with Crippen molar-refractivity contribution < 1.29 is 14.3 Å². The second kappa shape index (κ2) is 8.04. The number of benzene rings is 2. The molecule has 1 unspecified atom stereocenters. The fourth-order valence-corrected chi connectivity index (χ4v) is 4.73. The van der Waals surface area contributed by atoms with Crippen molar-refractivity contribution in [3.8, 4) is 11.5 Å². The molecular weight excluding hydrogens is 394 g/mol. The maximum Gasteiger partial charge on any atom is 0.267 e. The first kappa shape index (κ1) is 18.5. The van der Waals surface area contributed by atoms with Crippen molar-refractivity contribution in [3.05, 3.63) is 70.1 Å². The summed E-state index contributed by atoms with van der Waals surface area (Å²) in [5.41, 5.74) is 3.56. The highest BCUT2D eigenvalue weighted by Crippen LogP contribution is 2.48. The summed E-state index contributed by atoms with van der Waals surface area (Å²) in [5, 5.41) is 8.38. The number of aromatic nitrogens is 2. The molecule has 8 heteroatoms. The lowest BCUT2D eigenvalue weighted by atomic mass is 10.2. The van der Waals surface area contributed by atoms with E-state index < -0.39 is 0 Å². The topological polar surface area (TPSA) is 64.6 Å². The molecule has 1 aliphatic rings. The van der Waals surface area contributed by atoms with Gasteiger partial charge in [-0.1, -0.05) is 47.4 Å². The van der Waals surface area contributed by atoms with E-state index in [1.807, 2.05) is 54.6 Å². The fourth-order valence-electron chi connectivity index (χ4n) is 2.84. The maximum atomic E-state index is 13.2. The number of hydrogen-bond donors (Lipinski definition) is 0. The minimum Gasteiger partial charge on any atom is -0.497 e. The van der Waals surface area contributed by atoms with Crippen LogP contribution in [0.15, 0.2) is 58.9 Å². The second-order valence-corrected chi connectivity index (χ2v) is 7.86. The Morgan fingerprint density at radius 1 is 1.00 bits per heavy atom. The molecule has 28 heavy (non-hydrogen) atoms. The summed E-state index contributed by atoms with van der Waals surface area (Å²) in [6.07, 6.45) is 1.89. The van der Waals surface area contributed by atoms with E-state index in [9.17, 15) is 4.79 Å². The van der Waals surface area contributed by atoms with Gasteiger partial charge in [0.2, 0.25) is 5.13 Å². The van der Waals surface area contributed by atoms with Gasteiger partial charge in [-0.2, -0.15) is 0 Å². The van der Waals surface area contributed by atoms with Gasteiger partial charge in [0.15, 0.2) is 0 Å². The molecule has 0 saturated carbocycles. The zero-order valence-electron chi connectivity index (χ0n) is 15.2. The summed E-state index contributed by atoms with van der Waals surface area (Å²) in [5.74, 6) is 1.46. The van der Waals surface area contributed by atoms with Crippen LogP contribution in [0.25, 0.3) is 6.08 Å². The molecule has 0 N–H and O–H groups in total. The van der Waals surface area contributed by atoms with E-state index in [2.05, 4.69) is 10.2 Å². The molecule has 0 bridgehead atoms. The molecule has 0 spiro atoms. The van der Waals surface area contributed by atoms with Crippen LogP contribution in [0, 0.1) is 0 Å². The summed E-state index contributed by atoms with van der Waals surface area (Å²) in [6, 6.07) is 15.3. The first-order valence-corrected chi connectivity index (χ1v) is 10.2. The number of hydrogen-bond acceptors (Lipinski definition) is 7. The number of amides is 1. The van der Waals surface area contributed by atoms with E-state index in [1.165, 1.54) is 23.1 Å². The van der Waals surface area contributed by atoms with E-state index in [4.69, 9.17) is 9.47 Å². The van der Waals surface area contributed by atoms with Gasteiger partial charge >= 0.3 is 0 Å². The average Bonchev–Trinajstić information content (AvgIpc) is 3.37. The largest absolute Gasteiger partial charge is 0.497 e. The van der Waals surface area contributed by atoms with Crippen LogP contribution in [-0.4, -0.2) is 30.3 Å². The van der Waals surface area contributed by atoms with Gasteiger partial charge in [-0.25, -0.2) is 0 Å². The van der Waals surface area contributed by atoms with Crippen molar-refractivity contribution in [3.63, 3.8) is 0 Å². The SMILES string of the molecule is COc1ccc(/C=C2/SC(c3ccc(OC)cc3)N(c3nncs3)C2=O)cc1. The van der Waals surface area contributed by atoms with Crippen molar-refractivity contribution in [2.45, 2.75) is 5.37 Å². The predicted molar refractivity (Wildman–Crippen MR) is 112 cm³/mol. The van der Waals surface area contributed by atoms with E-state index in [0.29, 0.717) is 10.0 Å². The molecule has 1 aliphatic heterocycles. The smallest absolute Gasteiger partial charge is 0.267 e. The quantitative estimate of drug-likeness (QED) is 0.581. The molecule has 6 nitrogen and oxygen atoms in total. The molecular formula is C20H17N3O3S2. The van der Waals surface area contributed by atoms with E-state index in [-0.39, 0.29) is 11.3 Å². The van der Waals surface area contributed by atoms with Crippen molar-refractivity contribution in [2.24, 2.45) is 0 Å². The molecule has 1 amide bonds. The maximum absolute atomic E-state index is 13.2. The van der Waals surface area contributed by atoms with Gasteiger partial charge in [-0.15, -0.1) is 10.2 Å². The number of thioether (sulfide) groups is 1. The highest BCUT2D eigenvalue weighted by Gasteiger charge is 2.39. The molecule has 3 aromatic rings. The molecule has 0 aliphatic carbocycles. The Bertz CT molecular complexity index is 987. The number of rotatable bonds is 5. The lowest BCUT2D eigenvalue weighted by molar-refractivity contribution is -0.114. The van der Waals surface area contributed by atoms with Crippen LogP contribution < -0.4 is 14.4 Å². The monoisotopic (exact) mass is 411 g/mol. The lowest BCUT2D eigenvalue weighted by Gasteiger charge is -2.20. The number of carbonyl (C=O) groups is 1. The van der Waals surface area contributed by atoms with Crippen LogP contribution in [0.4, 0.5) is 5.13 Å². The Labute approximate surface area is 170 Å². The van der Waals surface area contributed by atoms with E-state index in [0.717, 1.165) is 22.6 Å². The van der Waals surface area contributed by atoms with Crippen LogP contribution >= 0.6 is 23.1 Å². The standard InChI is InChI=1S/C20H17N3O3S2/c1-25-15-7-3-13(4-8-15)11-17-18(24)23(20-22-21-12-27-20)19(28-17)14-5-9-16(26-2)10-6-14/h3-12,19H,1-2H3/b17-11+. The number of ether oxygens (including phenoxy) is 2. The Kier molecular flexibility index (Phi) is 5.31. The highest BCUT2D eigenvalue weighted by atomic mass is 32.2. The second-order valence-electron chi connectivity index (χ2n) is 5.92. The van der Waals surface area contributed by atoms with Crippen molar-refractivity contribution >= 4 is 40.2 Å². The van der Waals surface area contributed by atoms with Gasteiger partial charge in [-0.3, -0.25) is 9.69 Å². The van der Waals surface area contributed by atoms with Gasteiger partial charge in [-0.05, 0) is 41.5 Å². The third-order valence-electron chi connectivity index (χ3n) is 4.27. The zero-order chi connectivity index (χ0) is 19.5. The molecule has 142 valence electrons. The van der Waals surface area contributed by atoms with E-state index in [1.54, 1.807) is 24.6 Å². The number of nitrogens with zero attached hydrogens (tertiary/aromatic N) is 3. The Balaban J connectivity index is 1.69.